The molecule has 2 N–H and O–H groups in total. The molecule has 0 amide bonds. The number of aromatic carboxylic acids is 2. The first-order chi connectivity index (χ1) is 21.7. The number of carbonyl (C=O) groups is 2. The van der Waals surface area contributed by atoms with Crippen molar-refractivity contribution in [2.45, 2.75) is 131 Å². The summed E-state index contributed by atoms with van der Waals surface area (Å²) in [6.45, 7) is 27.7. The second-order valence-electron chi connectivity index (χ2n) is 15.4. The maximum absolute atomic E-state index is 11.2. The van der Waals surface area contributed by atoms with E-state index in [-0.39, 0.29) is 28.0 Å². The highest BCUT2D eigenvalue weighted by atomic mass is 127. The Morgan fingerprint density at radius 2 is 0.854 bits per heavy atom. The zero-order valence-corrected chi connectivity index (χ0v) is 32.9. The van der Waals surface area contributed by atoms with Crippen molar-refractivity contribution in [1.82, 2.24) is 0 Å². The molecule has 0 aromatic heterocycles. The normalized spacial score (nSPS) is 22.4. The molecule has 14 heteroatoms. The van der Waals surface area contributed by atoms with Gasteiger partial charge >= 0.3 is 33.1 Å². The molecule has 0 atom stereocenters. The van der Waals surface area contributed by atoms with Crippen LogP contribution < -0.4 is 5.46 Å². The van der Waals surface area contributed by atoms with Crippen LogP contribution >= 0.6 is 22.6 Å². The van der Waals surface area contributed by atoms with Crippen molar-refractivity contribution in [3.05, 3.63) is 62.2 Å². The number of carboxylic acids is 2. The predicted molar refractivity (Wildman–Crippen MR) is 197 cm³/mol. The quantitative estimate of drug-likeness (QED) is 0.261. The van der Waals surface area contributed by atoms with Gasteiger partial charge in [-0.15, -0.1) is 0 Å². The summed E-state index contributed by atoms with van der Waals surface area (Å²) in [5.41, 5.74) is 0.675. The zero-order chi connectivity index (χ0) is 36.8. The van der Waals surface area contributed by atoms with Gasteiger partial charge in [0.15, 0.2) is 0 Å². The fourth-order valence-electron chi connectivity index (χ4n) is 4.95. The zero-order valence-electron chi connectivity index (χ0n) is 30.7. The molecule has 0 bridgehead atoms. The summed E-state index contributed by atoms with van der Waals surface area (Å²) in [5.74, 6) is -1.79. The predicted octanol–water partition coefficient (Wildman–Crippen LogP) is 6.54. The monoisotopic (exact) mass is 778 g/mol. The average molecular weight is 778 g/mol. The van der Waals surface area contributed by atoms with Crippen molar-refractivity contribution in [2.75, 3.05) is 0 Å². The molecular formula is C34H50B3IO10. The molecule has 3 heterocycles. The molecule has 3 saturated heterocycles. The van der Waals surface area contributed by atoms with Gasteiger partial charge in [0.2, 0.25) is 0 Å². The number of benzene rings is 2. The van der Waals surface area contributed by atoms with Gasteiger partial charge < -0.3 is 38.1 Å². The highest BCUT2D eigenvalue weighted by Gasteiger charge is 2.63. The number of hydrogen-bond acceptors (Lipinski definition) is 8. The highest BCUT2D eigenvalue weighted by molar-refractivity contribution is 14.1. The molecule has 5 rings (SSSR count). The molecule has 0 saturated carbocycles. The van der Waals surface area contributed by atoms with E-state index in [1.54, 1.807) is 31.2 Å². The molecule has 10 nitrogen and oxygen atoms in total. The summed E-state index contributed by atoms with van der Waals surface area (Å²) >= 11 is 2.12. The van der Waals surface area contributed by atoms with Crippen LogP contribution in [0.1, 0.15) is 115 Å². The lowest BCUT2D eigenvalue weighted by molar-refractivity contribution is 0.00578. The van der Waals surface area contributed by atoms with E-state index in [1.807, 2.05) is 102 Å². The van der Waals surface area contributed by atoms with Crippen molar-refractivity contribution in [3.63, 3.8) is 0 Å². The number of rotatable bonds is 4. The second-order valence-corrected chi connectivity index (χ2v) is 16.5. The number of halogens is 1. The highest BCUT2D eigenvalue weighted by Crippen LogP contribution is 2.43. The minimum absolute atomic E-state index is 0.284. The van der Waals surface area contributed by atoms with Gasteiger partial charge in [-0.3, -0.25) is 0 Å². The molecule has 3 aliphatic rings. The Balaban J connectivity index is 0.000000203. The van der Waals surface area contributed by atoms with Gasteiger partial charge in [-0.05, 0) is 154 Å². The Hall–Kier alpha value is -1.94. The fourth-order valence-corrected chi connectivity index (χ4v) is 5.45. The Bertz CT molecular complexity index is 1440. The summed E-state index contributed by atoms with van der Waals surface area (Å²) in [6, 6.07) is 10.4. The smallest absolute Gasteiger partial charge is 0.478 e. The van der Waals surface area contributed by atoms with Crippen molar-refractivity contribution >= 4 is 61.1 Å². The first-order valence-electron chi connectivity index (χ1n) is 16.0. The standard InChI is InChI=1S/C14H19BO4.C12H24B2O4.C8H7IO2/c1-9-10(12(16)17)7-6-8-11(9)15-18-13(2,3)14(4,5)19-15;1-9(2)10(3,4)16-13(15-9)14-17-11(5,6)12(7,8)18-14;1-5-6(8(10)11)3-2-4-7(5)9/h6-8H,1-5H3,(H,16,17);1-8H3;2-4H,1H3,(H,10,11). The van der Waals surface area contributed by atoms with Crippen LogP contribution in [0.2, 0.25) is 0 Å². The topological polar surface area (TPSA) is 130 Å². The van der Waals surface area contributed by atoms with Crippen LogP contribution in [0.5, 0.6) is 0 Å². The van der Waals surface area contributed by atoms with Crippen LogP contribution in [0, 0.1) is 17.4 Å². The molecule has 3 fully saturated rings. The lowest BCUT2D eigenvalue weighted by Crippen LogP contribution is -2.41. The Kier molecular flexibility index (Phi) is 11.8. The van der Waals surface area contributed by atoms with E-state index < -0.39 is 44.3 Å². The Labute approximate surface area is 300 Å². The van der Waals surface area contributed by atoms with Crippen molar-refractivity contribution in [3.8, 4) is 0 Å². The summed E-state index contributed by atoms with van der Waals surface area (Å²) in [5, 5.41) is 17.8. The third kappa shape index (κ3) is 8.33. The molecule has 0 aliphatic carbocycles. The van der Waals surface area contributed by atoms with E-state index in [9.17, 15) is 9.59 Å². The average Bonchev–Trinajstić information content (AvgIpc) is 3.39. The number of carboxylic acid groups (broad SMARTS) is 2. The first kappa shape index (κ1) is 40.5. The van der Waals surface area contributed by atoms with Gasteiger partial charge in [0.05, 0.1) is 44.7 Å². The first-order valence-corrected chi connectivity index (χ1v) is 17.1. The largest absolute Gasteiger partial charge is 0.495 e. The van der Waals surface area contributed by atoms with Gasteiger partial charge in [-0.25, -0.2) is 9.59 Å². The Morgan fingerprint density at radius 3 is 1.19 bits per heavy atom. The lowest BCUT2D eigenvalue weighted by Gasteiger charge is -2.32. The minimum Gasteiger partial charge on any atom is -0.478 e. The maximum atomic E-state index is 11.2. The molecule has 0 spiro atoms. The van der Waals surface area contributed by atoms with Crippen molar-refractivity contribution < 1.29 is 47.7 Å². The van der Waals surface area contributed by atoms with Gasteiger partial charge in [-0.1, -0.05) is 18.2 Å². The minimum atomic E-state index is -0.934. The molecule has 48 heavy (non-hydrogen) atoms. The molecule has 0 unspecified atom stereocenters. The summed E-state index contributed by atoms with van der Waals surface area (Å²) < 4.78 is 36.7. The third-order valence-electron chi connectivity index (χ3n) is 10.4. The van der Waals surface area contributed by atoms with Crippen LogP contribution in [0.3, 0.4) is 0 Å². The van der Waals surface area contributed by atoms with E-state index in [0.717, 1.165) is 14.6 Å². The lowest BCUT2D eigenvalue weighted by atomic mass is 9.49. The third-order valence-corrected chi connectivity index (χ3v) is 11.5. The van der Waals surface area contributed by atoms with Crippen LogP contribution in [-0.4, -0.2) is 76.9 Å². The van der Waals surface area contributed by atoms with Crippen LogP contribution in [0.4, 0.5) is 0 Å². The van der Waals surface area contributed by atoms with Gasteiger partial charge in [-0.2, -0.15) is 0 Å². The second kappa shape index (κ2) is 14.0. The van der Waals surface area contributed by atoms with Crippen LogP contribution in [-0.2, 0) is 27.9 Å². The van der Waals surface area contributed by atoms with Gasteiger partial charge in [0.1, 0.15) is 0 Å². The Morgan fingerprint density at radius 1 is 0.542 bits per heavy atom. The molecule has 2 aromatic rings. The molecule has 0 radical (unpaired) electrons. The molecule has 2 aromatic carbocycles. The van der Waals surface area contributed by atoms with Crippen molar-refractivity contribution in [2.24, 2.45) is 0 Å². The van der Waals surface area contributed by atoms with E-state index in [0.29, 0.717) is 11.1 Å². The van der Waals surface area contributed by atoms with Crippen LogP contribution in [0.25, 0.3) is 0 Å². The summed E-state index contributed by atoms with van der Waals surface area (Å²) in [7, 11) is -1.48. The van der Waals surface area contributed by atoms with Gasteiger partial charge in [0.25, 0.3) is 0 Å². The van der Waals surface area contributed by atoms with E-state index in [2.05, 4.69) is 22.6 Å². The van der Waals surface area contributed by atoms with E-state index in [4.69, 9.17) is 38.1 Å². The SMILES string of the molecule is CC1(C)OB(B2OC(C)(C)C(C)(C)O2)OC1(C)C.Cc1c(B2OC(C)(C)C(C)(C)O2)cccc1C(=O)O.Cc1c(I)cccc1C(=O)O. The molecule has 3 aliphatic heterocycles. The summed E-state index contributed by atoms with van der Waals surface area (Å²) in [4.78, 5) is 21.7. The molecule has 262 valence electrons. The number of hydrogen-bond donors (Lipinski definition) is 2. The molecular weight excluding hydrogens is 728 g/mol. The van der Waals surface area contributed by atoms with E-state index in [1.165, 1.54) is 0 Å². The van der Waals surface area contributed by atoms with E-state index >= 15 is 0 Å². The van der Waals surface area contributed by atoms with Crippen LogP contribution in [0.15, 0.2) is 36.4 Å². The maximum Gasteiger partial charge on any atom is 0.495 e. The van der Waals surface area contributed by atoms with Gasteiger partial charge in [0, 0.05) is 3.57 Å². The van der Waals surface area contributed by atoms with Crippen molar-refractivity contribution in [1.29, 1.82) is 0 Å². The fraction of sp³-hybridized carbons (Fsp3) is 0.588. The summed E-state index contributed by atoms with van der Waals surface area (Å²) in [6.07, 6.45) is 0.